The Kier molecular flexibility index (Phi) is 3.69. The number of nitrogens with zero attached hydrogens (tertiary/aromatic N) is 2. The highest BCUT2D eigenvalue weighted by Crippen LogP contribution is 2.29. The van der Waals surface area contributed by atoms with E-state index in [1.54, 1.807) is 12.1 Å². The van der Waals surface area contributed by atoms with Gasteiger partial charge in [0.25, 0.3) is 0 Å². The number of rotatable bonds is 4. The van der Waals surface area contributed by atoms with Crippen LogP contribution in [-0.4, -0.2) is 24.6 Å². The summed E-state index contributed by atoms with van der Waals surface area (Å²) in [7, 11) is 1.89. The van der Waals surface area contributed by atoms with Crippen LogP contribution in [0.4, 0.5) is 10.1 Å². The average molecular weight is 251 g/mol. The molecule has 0 atom stereocenters. The Bertz CT molecular complexity index is 458. The molecule has 0 aliphatic heterocycles. The number of hydrogen-bond donors (Lipinski definition) is 2. The lowest BCUT2D eigenvalue weighted by molar-refractivity contribution is 0.318. The lowest BCUT2D eigenvalue weighted by Crippen LogP contribution is -2.30. The smallest absolute Gasteiger partial charge is 0.170 e. The van der Waals surface area contributed by atoms with Crippen LogP contribution < -0.4 is 10.6 Å². The zero-order valence-corrected chi connectivity index (χ0v) is 10.4. The molecule has 0 bridgehead atoms. The average Bonchev–Trinajstić information content (AvgIpc) is 2.32. The lowest BCUT2D eigenvalue weighted by atomic mass is 9.85. The highest BCUT2D eigenvalue weighted by molar-refractivity contribution is 5.97. The molecule has 1 aliphatic rings. The van der Waals surface area contributed by atoms with Crippen LogP contribution in [0.2, 0.25) is 0 Å². The van der Waals surface area contributed by atoms with Gasteiger partial charge in [0.15, 0.2) is 5.84 Å². The Hall–Kier alpha value is -1.78. The molecule has 0 amide bonds. The predicted octanol–water partition coefficient (Wildman–Crippen LogP) is 2.16. The molecule has 4 nitrogen and oxygen atoms in total. The number of nitrogens with two attached hydrogens (primary N) is 1. The molecule has 0 spiro atoms. The third kappa shape index (κ3) is 2.55. The third-order valence-corrected chi connectivity index (χ3v) is 3.52. The summed E-state index contributed by atoms with van der Waals surface area (Å²) in [5.74, 6) is 0.251. The van der Waals surface area contributed by atoms with Crippen LogP contribution in [0.5, 0.6) is 0 Å². The van der Waals surface area contributed by atoms with E-state index in [1.165, 1.54) is 25.3 Å². The van der Waals surface area contributed by atoms with E-state index in [0.717, 1.165) is 6.54 Å². The molecule has 1 saturated carbocycles. The second kappa shape index (κ2) is 5.25. The monoisotopic (exact) mass is 251 g/mol. The van der Waals surface area contributed by atoms with E-state index in [4.69, 9.17) is 10.9 Å². The van der Waals surface area contributed by atoms with Gasteiger partial charge in [-0.1, -0.05) is 11.6 Å². The topological polar surface area (TPSA) is 61.8 Å². The summed E-state index contributed by atoms with van der Waals surface area (Å²) in [5, 5.41) is 11.4. The molecular formula is C13H18FN3O. The van der Waals surface area contributed by atoms with Gasteiger partial charge in [-0.2, -0.15) is 0 Å². The first kappa shape index (κ1) is 12.7. The molecule has 5 heteroatoms. The van der Waals surface area contributed by atoms with Gasteiger partial charge in [-0.25, -0.2) is 4.39 Å². The maximum absolute atomic E-state index is 13.9. The molecule has 1 aromatic rings. The molecule has 18 heavy (non-hydrogen) atoms. The highest BCUT2D eigenvalue weighted by Gasteiger charge is 2.20. The van der Waals surface area contributed by atoms with Crippen LogP contribution in [-0.2, 0) is 0 Å². The van der Waals surface area contributed by atoms with Crippen LogP contribution in [0, 0.1) is 11.7 Å². The highest BCUT2D eigenvalue weighted by atomic mass is 19.1. The fraction of sp³-hybridized carbons (Fsp3) is 0.462. The number of amidine groups is 1. The van der Waals surface area contributed by atoms with Gasteiger partial charge in [-0.15, -0.1) is 0 Å². The summed E-state index contributed by atoms with van der Waals surface area (Å²) in [5.41, 5.74) is 6.36. The Morgan fingerprint density at radius 1 is 1.56 bits per heavy atom. The molecule has 0 radical (unpaired) electrons. The number of oxime groups is 1. The molecule has 0 unspecified atom stereocenters. The van der Waals surface area contributed by atoms with Crippen molar-refractivity contribution in [3.8, 4) is 0 Å². The first-order valence-corrected chi connectivity index (χ1v) is 6.10. The molecule has 1 aliphatic carbocycles. The molecule has 0 heterocycles. The summed E-state index contributed by atoms with van der Waals surface area (Å²) in [6.07, 6.45) is 3.74. The van der Waals surface area contributed by atoms with Gasteiger partial charge in [0.2, 0.25) is 0 Å². The number of anilines is 1. The van der Waals surface area contributed by atoms with Gasteiger partial charge in [0, 0.05) is 19.2 Å². The fourth-order valence-corrected chi connectivity index (χ4v) is 2.19. The van der Waals surface area contributed by atoms with Crippen LogP contribution in [0.15, 0.2) is 23.4 Å². The maximum Gasteiger partial charge on any atom is 0.170 e. The minimum Gasteiger partial charge on any atom is -0.409 e. The van der Waals surface area contributed by atoms with E-state index in [1.807, 2.05) is 11.9 Å². The van der Waals surface area contributed by atoms with Crippen molar-refractivity contribution in [3.05, 3.63) is 29.6 Å². The molecule has 0 aromatic heterocycles. The molecule has 98 valence electrons. The normalized spacial score (nSPS) is 16.4. The van der Waals surface area contributed by atoms with Crippen molar-refractivity contribution in [2.45, 2.75) is 19.3 Å². The van der Waals surface area contributed by atoms with Gasteiger partial charge >= 0.3 is 0 Å². The maximum atomic E-state index is 13.9. The molecule has 1 fully saturated rings. The molecule has 3 N–H and O–H groups in total. The summed E-state index contributed by atoms with van der Waals surface area (Å²) in [4.78, 5) is 1.93. The number of hydrogen-bond acceptors (Lipinski definition) is 3. The largest absolute Gasteiger partial charge is 0.409 e. The van der Waals surface area contributed by atoms with Gasteiger partial charge in [0.1, 0.15) is 5.82 Å². The van der Waals surface area contributed by atoms with Crippen molar-refractivity contribution in [1.82, 2.24) is 0 Å². The SMILES string of the molecule is CN(CC1CCC1)c1ccc(C(N)=NO)cc1F. The van der Waals surface area contributed by atoms with Crippen molar-refractivity contribution in [1.29, 1.82) is 0 Å². The first-order valence-electron chi connectivity index (χ1n) is 6.10. The van der Waals surface area contributed by atoms with Crippen LogP contribution in [0.3, 0.4) is 0 Å². The van der Waals surface area contributed by atoms with Gasteiger partial charge < -0.3 is 15.8 Å². The van der Waals surface area contributed by atoms with Gasteiger partial charge in [-0.05, 0) is 37.0 Å². The Morgan fingerprint density at radius 2 is 2.28 bits per heavy atom. The molecular weight excluding hydrogens is 233 g/mol. The lowest BCUT2D eigenvalue weighted by Gasteiger charge is -2.31. The first-order chi connectivity index (χ1) is 8.61. The van der Waals surface area contributed by atoms with E-state index in [2.05, 4.69) is 5.16 Å². The van der Waals surface area contributed by atoms with E-state index >= 15 is 0 Å². The fourth-order valence-electron chi connectivity index (χ4n) is 2.19. The molecule has 2 rings (SSSR count). The minimum atomic E-state index is -0.346. The second-order valence-corrected chi connectivity index (χ2v) is 4.83. The zero-order chi connectivity index (χ0) is 13.1. The van der Waals surface area contributed by atoms with E-state index in [-0.39, 0.29) is 11.7 Å². The van der Waals surface area contributed by atoms with E-state index in [0.29, 0.717) is 17.2 Å². The molecule has 1 aromatic carbocycles. The molecule has 0 saturated heterocycles. The van der Waals surface area contributed by atoms with Crippen LogP contribution >= 0.6 is 0 Å². The van der Waals surface area contributed by atoms with E-state index in [9.17, 15) is 4.39 Å². The van der Waals surface area contributed by atoms with Gasteiger partial charge in [0.05, 0.1) is 5.69 Å². The number of halogens is 1. The van der Waals surface area contributed by atoms with Crippen molar-refractivity contribution >= 4 is 11.5 Å². The van der Waals surface area contributed by atoms with Crippen LogP contribution in [0.25, 0.3) is 0 Å². The summed E-state index contributed by atoms with van der Waals surface area (Å²) in [6, 6.07) is 4.62. The quantitative estimate of drug-likeness (QED) is 0.373. The van der Waals surface area contributed by atoms with Crippen LogP contribution in [0.1, 0.15) is 24.8 Å². The van der Waals surface area contributed by atoms with Crippen molar-refractivity contribution in [2.24, 2.45) is 16.8 Å². The summed E-state index contributed by atoms with van der Waals surface area (Å²) >= 11 is 0. The third-order valence-electron chi connectivity index (χ3n) is 3.52. The second-order valence-electron chi connectivity index (χ2n) is 4.83. The summed E-state index contributed by atoms with van der Waals surface area (Å²) < 4.78 is 13.9. The Balaban J connectivity index is 2.13. The van der Waals surface area contributed by atoms with Crippen molar-refractivity contribution in [2.75, 3.05) is 18.5 Å². The standard InChI is InChI=1S/C13H18FN3O/c1-17(8-9-3-2-4-9)12-6-5-10(7-11(12)14)13(15)16-18/h5-7,9,18H,2-4,8H2,1H3,(H2,15,16). The Morgan fingerprint density at radius 3 is 2.78 bits per heavy atom. The predicted molar refractivity (Wildman–Crippen MR) is 69.5 cm³/mol. The minimum absolute atomic E-state index is 0.0814. The van der Waals surface area contributed by atoms with Crippen molar-refractivity contribution in [3.63, 3.8) is 0 Å². The summed E-state index contributed by atoms with van der Waals surface area (Å²) in [6.45, 7) is 0.875. The van der Waals surface area contributed by atoms with Crippen molar-refractivity contribution < 1.29 is 9.60 Å². The zero-order valence-electron chi connectivity index (χ0n) is 10.4. The Labute approximate surface area is 106 Å². The van der Waals surface area contributed by atoms with Gasteiger partial charge in [-0.3, -0.25) is 0 Å². The van der Waals surface area contributed by atoms with E-state index < -0.39 is 0 Å². The number of benzene rings is 1.